The molecule has 23 heavy (non-hydrogen) atoms. The number of hydrogen-bond donors (Lipinski definition) is 0. The van der Waals surface area contributed by atoms with Crippen LogP contribution in [0.2, 0.25) is 0 Å². The van der Waals surface area contributed by atoms with Crippen LogP contribution in [0.3, 0.4) is 0 Å². The fourth-order valence-corrected chi connectivity index (χ4v) is 1.58. The molecule has 8 heteroatoms. The van der Waals surface area contributed by atoms with E-state index < -0.39 is 45.9 Å². The maximum atomic E-state index is 14.0. The van der Waals surface area contributed by atoms with E-state index in [0.717, 1.165) is 12.3 Å². The molecule has 0 aliphatic rings. The Morgan fingerprint density at radius 1 is 1.22 bits per heavy atom. The van der Waals surface area contributed by atoms with Gasteiger partial charge in [-0.05, 0) is 19.9 Å². The number of nitrogens with zero attached hydrogens (tertiary/aromatic N) is 1. The molecular weight excluding hydrogens is 315 g/mol. The van der Waals surface area contributed by atoms with E-state index >= 15 is 0 Å². The Kier molecular flexibility index (Phi) is 6.33. The normalized spacial score (nSPS) is 10.9. The molecule has 0 aliphatic heterocycles. The van der Waals surface area contributed by atoms with E-state index in [1.165, 1.54) is 6.92 Å². The highest BCUT2D eigenvalue weighted by atomic mass is 19.2. The minimum Gasteiger partial charge on any atom is -0.500 e. The summed E-state index contributed by atoms with van der Waals surface area (Å²) in [5.41, 5.74) is -2.94. The van der Waals surface area contributed by atoms with Crippen LogP contribution in [0.25, 0.3) is 0 Å². The molecule has 122 valence electrons. The number of ketones is 1. The minimum atomic E-state index is -1.71. The molecule has 0 radical (unpaired) electrons. The lowest BCUT2D eigenvalue weighted by Gasteiger charge is -2.09. The molecule has 1 aromatic carbocycles. The van der Waals surface area contributed by atoms with Crippen LogP contribution in [-0.4, -0.2) is 25.0 Å². The third-order valence-corrected chi connectivity index (χ3v) is 2.62. The van der Waals surface area contributed by atoms with Gasteiger partial charge in [0.05, 0.1) is 18.8 Å². The molecule has 0 fully saturated rings. The van der Waals surface area contributed by atoms with Gasteiger partial charge in [0.25, 0.3) is 0 Å². The molecule has 0 bridgehead atoms. The van der Waals surface area contributed by atoms with Gasteiger partial charge in [0.2, 0.25) is 5.78 Å². The van der Waals surface area contributed by atoms with Gasteiger partial charge in [-0.3, -0.25) is 4.79 Å². The van der Waals surface area contributed by atoms with Crippen LogP contribution in [0.15, 0.2) is 17.9 Å². The Morgan fingerprint density at radius 3 is 2.39 bits per heavy atom. The van der Waals surface area contributed by atoms with Crippen LogP contribution < -0.4 is 0 Å². The molecule has 0 saturated carbocycles. The first-order valence-corrected chi connectivity index (χ1v) is 6.50. The van der Waals surface area contributed by atoms with Gasteiger partial charge in [0, 0.05) is 0 Å². The van der Waals surface area contributed by atoms with Crippen LogP contribution in [0, 0.1) is 28.8 Å². The maximum Gasteiger partial charge on any atom is 0.345 e. The van der Waals surface area contributed by atoms with E-state index in [4.69, 9.17) is 10.00 Å². The first-order chi connectivity index (χ1) is 10.9. The highest BCUT2D eigenvalue weighted by Gasteiger charge is 2.28. The van der Waals surface area contributed by atoms with E-state index in [2.05, 4.69) is 4.74 Å². The summed E-state index contributed by atoms with van der Waals surface area (Å²) >= 11 is 0. The van der Waals surface area contributed by atoms with Gasteiger partial charge in [-0.2, -0.15) is 5.26 Å². The van der Waals surface area contributed by atoms with Crippen molar-refractivity contribution < 1.29 is 32.2 Å². The molecule has 0 N–H and O–H groups in total. The fraction of sp³-hybridized carbons (Fsp3) is 0.267. The zero-order valence-corrected chi connectivity index (χ0v) is 12.3. The van der Waals surface area contributed by atoms with Crippen LogP contribution in [0.5, 0.6) is 0 Å². The standard InChI is InChI=1S/C15H12F3NO4/c1-3-22-7-10(15(21)23-4-2)14(20)8-5-11(16)13(18)9(6-19)12(8)17/h5,7H,3-4H2,1-2H3/b10-7-. The zero-order valence-electron chi connectivity index (χ0n) is 12.3. The van der Waals surface area contributed by atoms with Gasteiger partial charge >= 0.3 is 5.97 Å². The second-order valence-electron chi connectivity index (χ2n) is 4.06. The second kappa shape index (κ2) is 7.98. The summed E-state index contributed by atoms with van der Waals surface area (Å²) in [6, 6.07) is 1.40. The molecule has 0 amide bonds. The lowest BCUT2D eigenvalue weighted by Crippen LogP contribution is -2.19. The number of carbonyl (C=O) groups excluding carboxylic acids is 2. The summed E-state index contributed by atoms with van der Waals surface area (Å²) in [7, 11) is 0. The Hall–Kier alpha value is -2.82. The number of halogens is 3. The number of ether oxygens (including phenoxy) is 2. The van der Waals surface area contributed by atoms with Crippen molar-refractivity contribution >= 4 is 11.8 Å². The predicted octanol–water partition coefficient (Wildman–Crippen LogP) is 2.64. The molecule has 0 heterocycles. The van der Waals surface area contributed by atoms with Crippen molar-refractivity contribution in [1.82, 2.24) is 0 Å². The third-order valence-electron chi connectivity index (χ3n) is 2.62. The van der Waals surface area contributed by atoms with E-state index in [1.807, 2.05) is 0 Å². The van der Waals surface area contributed by atoms with Crippen molar-refractivity contribution in [3.05, 3.63) is 46.5 Å². The number of carbonyl (C=O) groups is 2. The van der Waals surface area contributed by atoms with Gasteiger partial charge in [-0.25, -0.2) is 18.0 Å². The molecule has 0 unspecified atom stereocenters. The number of nitriles is 1. The summed E-state index contributed by atoms with van der Waals surface area (Å²) in [5, 5.41) is 8.66. The van der Waals surface area contributed by atoms with Crippen LogP contribution >= 0.6 is 0 Å². The molecule has 0 aromatic heterocycles. The predicted molar refractivity (Wildman–Crippen MR) is 71.7 cm³/mol. The summed E-state index contributed by atoms with van der Waals surface area (Å²) in [6.45, 7) is 3.07. The first-order valence-electron chi connectivity index (χ1n) is 6.50. The van der Waals surface area contributed by atoms with Gasteiger partial charge in [0.15, 0.2) is 17.5 Å². The molecule has 0 aliphatic carbocycles. The smallest absolute Gasteiger partial charge is 0.345 e. The van der Waals surface area contributed by atoms with Gasteiger partial charge in [-0.1, -0.05) is 0 Å². The van der Waals surface area contributed by atoms with Crippen molar-refractivity contribution in [2.24, 2.45) is 0 Å². The average molecular weight is 327 g/mol. The summed E-state index contributed by atoms with van der Waals surface area (Å²) in [5.74, 6) is -7.28. The lowest BCUT2D eigenvalue weighted by atomic mass is 10.0. The summed E-state index contributed by atoms with van der Waals surface area (Å²) in [6.07, 6.45) is 0.743. The molecule has 1 rings (SSSR count). The number of esters is 1. The Balaban J connectivity index is 3.43. The Morgan fingerprint density at radius 2 is 1.87 bits per heavy atom. The van der Waals surface area contributed by atoms with Crippen molar-refractivity contribution in [3.63, 3.8) is 0 Å². The second-order valence-corrected chi connectivity index (χ2v) is 4.06. The number of benzene rings is 1. The fourth-order valence-electron chi connectivity index (χ4n) is 1.58. The van der Waals surface area contributed by atoms with Crippen LogP contribution in [-0.2, 0) is 14.3 Å². The topological polar surface area (TPSA) is 76.4 Å². The average Bonchev–Trinajstić information content (AvgIpc) is 2.52. The quantitative estimate of drug-likeness (QED) is 0.153. The van der Waals surface area contributed by atoms with Crippen LogP contribution in [0.1, 0.15) is 29.8 Å². The van der Waals surface area contributed by atoms with Crippen molar-refractivity contribution in [2.75, 3.05) is 13.2 Å². The molecular formula is C15H12F3NO4. The SMILES string of the molecule is CCO/C=C(\C(=O)OCC)C(=O)c1cc(F)c(F)c(C#N)c1F. The summed E-state index contributed by atoms with van der Waals surface area (Å²) in [4.78, 5) is 24.0. The Bertz CT molecular complexity index is 708. The van der Waals surface area contributed by atoms with Crippen molar-refractivity contribution in [2.45, 2.75) is 13.8 Å². The molecule has 5 nitrogen and oxygen atoms in total. The van der Waals surface area contributed by atoms with Crippen molar-refractivity contribution in [1.29, 1.82) is 5.26 Å². The third kappa shape index (κ3) is 3.88. The van der Waals surface area contributed by atoms with Crippen molar-refractivity contribution in [3.8, 4) is 6.07 Å². The van der Waals surface area contributed by atoms with E-state index in [1.54, 1.807) is 6.92 Å². The van der Waals surface area contributed by atoms with Gasteiger partial charge in [0.1, 0.15) is 23.5 Å². The summed E-state index contributed by atoms with van der Waals surface area (Å²) < 4.78 is 50.2. The highest BCUT2D eigenvalue weighted by molar-refractivity contribution is 6.24. The maximum absolute atomic E-state index is 14.0. The largest absolute Gasteiger partial charge is 0.500 e. The number of hydrogen-bond acceptors (Lipinski definition) is 5. The number of rotatable bonds is 6. The highest BCUT2D eigenvalue weighted by Crippen LogP contribution is 2.22. The first kappa shape index (κ1) is 18.2. The Labute approximate surface area is 129 Å². The number of Topliss-reactive ketones (excluding diaryl/α,β-unsaturated/α-hetero) is 1. The monoisotopic (exact) mass is 327 g/mol. The molecule has 1 aromatic rings. The minimum absolute atomic E-state index is 0.0702. The van der Waals surface area contributed by atoms with E-state index in [0.29, 0.717) is 0 Å². The zero-order chi connectivity index (χ0) is 17.6. The molecule has 0 atom stereocenters. The van der Waals surface area contributed by atoms with Crippen LogP contribution in [0.4, 0.5) is 13.2 Å². The van der Waals surface area contributed by atoms with Gasteiger partial charge in [-0.15, -0.1) is 0 Å². The molecule has 0 spiro atoms. The molecule has 0 saturated heterocycles. The lowest BCUT2D eigenvalue weighted by molar-refractivity contribution is -0.138. The van der Waals surface area contributed by atoms with E-state index in [-0.39, 0.29) is 19.3 Å². The van der Waals surface area contributed by atoms with E-state index in [9.17, 15) is 22.8 Å². The van der Waals surface area contributed by atoms with Gasteiger partial charge < -0.3 is 9.47 Å².